The van der Waals surface area contributed by atoms with Crippen LogP contribution in [-0.4, -0.2) is 36.0 Å². The van der Waals surface area contributed by atoms with Crippen LogP contribution in [0.5, 0.6) is 0 Å². The second kappa shape index (κ2) is 7.02. The monoisotopic (exact) mass is 297 g/mol. The Bertz CT molecular complexity index is 475. The summed E-state index contributed by atoms with van der Waals surface area (Å²) < 4.78 is 0. The Kier molecular flexibility index (Phi) is 5.34. The lowest BCUT2D eigenvalue weighted by atomic mass is 9.99. The predicted molar refractivity (Wildman–Crippen MR) is 80.2 cm³/mol. The molecule has 1 aromatic rings. The molecule has 110 valence electrons. The van der Waals surface area contributed by atoms with Crippen LogP contribution in [0.4, 0.5) is 5.69 Å². The molecule has 0 radical (unpaired) electrons. The van der Waals surface area contributed by atoms with Gasteiger partial charge in [-0.2, -0.15) is 0 Å². The molecule has 0 aromatic heterocycles. The van der Waals surface area contributed by atoms with Crippen molar-refractivity contribution in [2.24, 2.45) is 0 Å². The van der Waals surface area contributed by atoms with Gasteiger partial charge in [-0.25, -0.2) is 0 Å². The number of nitrogens with one attached hydrogen (secondary N) is 1. The van der Waals surface area contributed by atoms with Crippen LogP contribution in [0.1, 0.15) is 31.4 Å². The summed E-state index contributed by atoms with van der Waals surface area (Å²) >= 11 is 6.29. The van der Waals surface area contributed by atoms with E-state index in [0.29, 0.717) is 5.02 Å². The van der Waals surface area contributed by atoms with E-state index in [4.69, 9.17) is 11.6 Å². The summed E-state index contributed by atoms with van der Waals surface area (Å²) in [6.07, 6.45) is 1.98. The lowest BCUT2D eigenvalue weighted by molar-refractivity contribution is -0.385. The Hall–Kier alpha value is -1.17. The Morgan fingerprint density at radius 2 is 2.15 bits per heavy atom. The Labute approximate surface area is 124 Å². The highest BCUT2D eigenvalue weighted by molar-refractivity contribution is 6.31. The molecule has 1 aromatic carbocycles. The zero-order valence-corrected chi connectivity index (χ0v) is 12.4. The molecule has 0 bridgehead atoms. The largest absolute Gasteiger partial charge is 0.314 e. The first kappa shape index (κ1) is 15.2. The minimum absolute atomic E-state index is 0.112. The number of nitrogens with zero attached hydrogens (tertiary/aromatic N) is 2. The SMILES string of the molecule is CCC[C@H](c1cc([N+](=O)[O-])ccc1Cl)N1CCNCC1. The van der Waals surface area contributed by atoms with Gasteiger partial charge in [0.15, 0.2) is 0 Å². The third-order valence-electron chi connectivity index (χ3n) is 3.70. The first-order valence-electron chi connectivity index (χ1n) is 7.02. The van der Waals surface area contributed by atoms with Crippen molar-refractivity contribution >= 4 is 17.3 Å². The molecule has 1 aliphatic rings. The standard InChI is InChI=1S/C14H20ClN3O2/c1-2-3-14(17-8-6-16-7-9-17)12-10-11(18(19)20)4-5-13(12)15/h4-5,10,14,16H,2-3,6-9H2,1H3/t14-/m1/s1. The number of hydrogen-bond donors (Lipinski definition) is 1. The smallest absolute Gasteiger partial charge is 0.269 e. The second-order valence-corrected chi connectivity index (χ2v) is 5.46. The highest BCUT2D eigenvalue weighted by Gasteiger charge is 2.24. The molecule has 6 heteroatoms. The molecule has 1 aliphatic heterocycles. The van der Waals surface area contributed by atoms with Crippen molar-refractivity contribution in [1.29, 1.82) is 0 Å². The summed E-state index contributed by atoms with van der Waals surface area (Å²) in [5, 5.41) is 14.9. The zero-order valence-electron chi connectivity index (χ0n) is 11.6. The van der Waals surface area contributed by atoms with E-state index in [9.17, 15) is 10.1 Å². The number of rotatable bonds is 5. The van der Waals surface area contributed by atoms with E-state index in [2.05, 4.69) is 17.1 Å². The first-order valence-corrected chi connectivity index (χ1v) is 7.40. The molecule has 0 saturated carbocycles. The lowest BCUT2D eigenvalue weighted by Crippen LogP contribution is -2.45. The number of halogens is 1. The highest BCUT2D eigenvalue weighted by Crippen LogP contribution is 2.33. The van der Waals surface area contributed by atoms with E-state index in [0.717, 1.165) is 44.6 Å². The summed E-state index contributed by atoms with van der Waals surface area (Å²) in [5.41, 5.74) is 0.991. The Morgan fingerprint density at radius 1 is 1.45 bits per heavy atom. The van der Waals surface area contributed by atoms with Gasteiger partial charge in [-0.15, -0.1) is 0 Å². The van der Waals surface area contributed by atoms with Crippen LogP contribution in [0, 0.1) is 10.1 Å². The average molecular weight is 298 g/mol. The van der Waals surface area contributed by atoms with Crippen molar-refractivity contribution < 1.29 is 4.92 Å². The maximum Gasteiger partial charge on any atom is 0.269 e. The van der Waals surface area contributed by atoms with E-state index in [-0.39, 0.29) is 16.7 Å². The third-order valence-corrected chi connectivity index (χ3v) is 4.05. The number of non-ortho nitro benzene ring substituents is 1. The van der Waals surface area contributed by atoms with Gasteiger partial charge in [0.1, 0.15) is 0 Å². The van der Waals surface area contributed by atoms with Crippen molar-refractivity contribution in [1.82, 2.24) is 10.2 Å². The van der Waals surface area contributed by atoms with Crippen molar-refractivity contribution in [2.45, 2.75) is 25.8 Å². The lowest BCUT2D eigenvalue weighted by Gasteiger charge is -2.35. The van der Waals surface area contributed by atoms with Crippen LogP contribution >= 0.6 is 11.6 Å². The van der Waals surface area contributed by atoms with Gasteiger partial charge < -0.3 is 5.32 Å². The van der Waals surface area contributed by atoms with E-state index in [1.165, 1.54) is 6.07 Å². The minimum atomic E-state index is -0.361. The fraction of sp³-hybridized carbons (Fsp3) is 0.571. The highest BCUT2D eigenvalue weighted by atomic mass is 35.5. The van der Waals surface area contributed by atoms with Crippen molar-refractivity contribution in [3.05, 3.63) is 38.9 Å². The molecule has 2 rings (SSSR count). The first-order chi connectivity index (χ1) is 9.63. The van der Waals surface area contributed by atoms with E-state index >= 15 is 0 Å². The van der Waals surface area contributed by atoms with Gasteiger partial charge in [-0.1, -0.05) is 24.9 Å². The maximum absolute atomic E-state index is 11.0. The fourth-order valence-electron chi connectivity index (χ4n) is 2.70. The number of hydrogen-bond acceptors (Lipinski definition) is 4. The van der Waals surface area contributed by atoms with E-state index in [1.54, 1.807) is 12.1 Å². The Balaban J connectivity index is 2.31. The maximum atomic E-state index is 11.0. The van der Waals surface area contributed by atoms with Crippen molar-refractivity contribution in [3.63, 3.8) is 0 Å². The van der Waals surface area contributed by atoms with Gasteiger partial charge in [0.25, 0.3) is 5.69 Å². The van der Waals surface area contributed by atoms with E-state index < -0.39 is 0 Å². The zero-order chi connectivity index (χ0) is 14.5. The minimum Gasteiger partial charge on any atom is -0.314 e. The van der Waals surface area contributed by atoms with Crippen LogP contribution in [-0.2, 0) is 0 Å². The molecule has 1 fully saturated rings. The van der Waals surface area contributed by atoms with Gasteiger partial charge in [0, 0.05) is 49.4 Å². The molecule has 0 unspecified atom stereocenters. The molecule has 1 N–H and O–H groups in total. The summed E-state index contributed by atoms with van der Waals surface area (Å²) in [4.78, 5) is 13.0. The molecule has 5 nitrogen and oxygen atoms in total. The average Bonchev–Trinajstić information content (AvgIpc) is 2.46. The number of nitro benzene ring substituents is 1. The molecule has 0 amide bonds. The topological polar surface area (TPSA) is 58.4 Å². The predicted octanol–water partition coefficient (Wildman–Crippen LogP) is 2.99. The van der Waals surface area contributed by atoms with Crippen LogP contribution in [0.15, 0.2) is 18.2 Å². The van der Waals surface area contributed by atoms with Gasteiger partial charge in [-0.05, 0) is 18.1 Å². The van der Waals surface area contributed by atoms with E-state index in [1.807, 2.05) is 0 Å². The van der Waals surface area contributed by atoms with Crippen LogP contribution < -0.4 is 5.32 Å². The number of nitro groups is 1. The molecular formula is C14H20ClN3O2. The van der Waals surface area contributed by atoms with Crippen molar-refractivity contribution in [3.8, 4) is 0 Å². The fourth-order valence-corrected chi connectivity index (χ4v) is 2.95. The Morgan fingerprint density at radius 3 is 2.75 bits per heavy atom. The second-order valence-electron chi connectivity index (χ2n) is 5.05. The molecular weight excluding hydrogens is 278 g/mol. The molecule has 1 atom stereocenters. The molecule has 20 heavy (non-hydrogen) atoms. The summed E-state index contributed by atoms with van der Waals surface area (Å²) in [5.74, 6) is 0. The van der Waals surface area contributed by atoms with Gasteiger partial charge >= 0.3 is 0 Å². The summed E-state index contributed by atoms with van der Waals surface area (Å²) in [6.45, 7) is 5.92. The van der Waals surface area contributed by atoms with Crippen molar-refractivity contribution in [2.75, 3.05) is 26.2 Å². The molecule has 0 spiro atoms. The van der Waals surface area contributed by atoms with Gasteiger partial charge in [0.05, 0.1) is 4.92 Å². The quantitative estimate of drug-likeness (QED) is 0.670. The normalized spacial score (nSPS) is 17.9. The summed E-state index contributed by atoms with van der Waals surface area (Å²) in [7, 11) is 0. The van der Waals surface area contributed by atoms with Gasteiger partial charge in [-0.3, -0.25) is 15.0 Å². The van der Waals surface area contributed by atoms with Gasteiger partial charge in [0.2, 0.25) is 0 Å². The molecule has 0 aliphatic carbocycles. The van der Waals surface area contributed by atoms with Crippen LogP contribution in [0.3, 0.4) is 0 Å². The summed E-state index contributed by atoms with van der Waals surface area (Å²) in [6, 6.07) is 4.89. The molecule has 1 saturated heterocycles. The number of piperazine rings is 1. The number of benzene rings is 1. The van der Waals surface area contributed by atoms with Crippen LogP contribution in [0.25, 0.3) is 0 Å². The molecule has 1 heterocycles. The third kappa shape index (κ3) is 3.48. The van der Waals surface area contributed by atoms with Crippen LogP contribution in [0.2, 0.25) is 5.02 Å².